The van der Waals surface area contributed by atoms with Crippen LogP contribution in [0.15, 0.2) is 30.3 Å². The van der Waals surface area contributed by atoms with Crippen LogP contribution in [-0.2, 0) is 0 Å². The van der Waals surface area contributed by atoms with Crippen molar-refractivity contribution >= 4 is 12.2 Å². The van der Waals surface area contributed by atoms with Crippen molar-refractivity contribution in [1.82, 2.24) is 0 Å². The fraction of sp³-hybridized carbons (Fsp3) is 0.176. The SMILES string of the molecule is COc1ccc(/C=C\c2cc(OC)c(O)c(OC)c2)cc1O. The minimum atomic E-state index is -0.0377. The Balaban J connectivity index is 2.31. The number of phenolic OH excluding ortho intramolecular Hbond substituents is 2. The Morgan fingerprint density at radius 2 is 1.27 bits per heavy atom. The van der Waals surface area contributed by atoms with Gasteiger partial charge in [0.15, 0.2) is 23.0 Å². The molecule has 0 aliphatic rings. The number of phenols is 2. The first-order valence-electron chi connectivity index (χ1n) is 6.59. The molecule has 0 saturated carbocycles. The summed E-state index contributed by atoms with van der Waals surface area (Å²) >= 11 is 0. The molecule has 0 amide bonds. The molecule has 2 N–H and O–H groups in total. The average Bonchev–Trinajstić information content (AvgIpc) is 2.54. The normalized spacial score (nSPS) is 10.7. The molecule has 0 atom stereocenters. The molecule has 0 saturated heterocycles. The molecule has 0 fully saturated rings. The maximum absolute atomic E-state index is 9.87. The van der Waals surface area contributed by atoms with E-state index in [1.807, 2.05) is 18.2 Å². The number of ether oxygens (including phenoxy) is 3. The Bertz CT molecular complexity index is 666. The number of methoxy groups -OCH3 is 3. The van der Waals surface area contributed by atoms with Gasteiger partial charge in [-0.3, -0.25) is 0 Å². The topological polar surface area (TPSA) is 68.2 Å². The van der Waals surface area contributed by atoms with Gasteiger partial charge in [0.05, 0.1) is 21.3 Å². The monoisotopic (exact) mass is 302 g/mol. The van der Waals surface area contributed by atoms with Crippen molar-refractivity contribution < 1.29 is 24.4 Å². The summed E-state index contributed by atoms with van der Waals surface area (Å²) in [5.74, 6) is 1.12. The molecule has 0 spiro atoms. The summed E-state index contributed by atoms with van der Waals surface area (Å²) < 4.78 is 15.2. The van der Waals surface area contributed by atoms with E-state index in [4.69, 9.17) is 14.2 Å². The molecule has 2 aromatic carbocycles. The summed E-state index contributed by atoms with van der Waals surface area (Å²) in [4.78, 5) is 0. The number of rotatable bonds is 5. The predicted octanol–water partition coefficient (Wildman–Crippen LogP) is 3.29. The second-order valence-electron chi connectivity index (χ2n) is 4.54. The summed E-state index contributed by atoms with van der Waals surface area (Å²) in [5, 5.41) is 19.6. The van der Waals surface area contributed by atoms with Crippen molar-refractivity contribution in [3.63, 3.8) is 0 Å². The first-order valence-corrected chi connectivity index (χ1v) is 6.59. The van der Waals surface area contributed by atoms with Crippen LogP contribution in [0.25, 0.3) is 12.2 Å². The third kappa shape index (κ3) is 3.25. The van der Waals surface area contributed by atoms with E-state index in [-0.39, 0.29) is 11.5 Å². The molecule has 0 heterocycles. The first kappa shape index (κ1) is 15.6. The summed E-state index contributed by atoms with van der Waals surface area (Å²) in [7, 11) is 4.45. The Labute approximate surface area is 129 Å². The lowest BCUT2D eigenvalue weighted by Crippen LogP contribution is -1.90. The van der Waals surface area contributed by atoms with Crippen molar-refractivity contribution in [2.75, 3.05) is 21.3 Å². The van der Waals surface area contributed by atoms with E-state index in [2.05, 4.69) is 0 Å². The highest BCUT2D eigenvalue weighted by atomic mass is 16.5. The van der Waals surface area contributed by atoms with Crippen LogP contribution in [0.4, 0.5) is 0 Å². The van der Waals surface area contributed by atoms with Crippen molar-refractivity contribution in [3.8, 4) is 28.7 Å². The maximum Gasteiger partial charge on any atom is 0.200 e. The van der Waals surface area contributed by atoms with Gasteiger partial charge in [-0.05, 0) is 35.4 Å². The van der Waals surface area contributed by atoms with Crippen LogP contribution in [0.3, 0.4) is 0 Å². The highest BCUT2D eigenvalue weighted by molar-refractivity contribution is 5.73. The molecule has 0 aromatic heterocycles. The highest BCUT2D eigenvalue weighted by Gasteiger charge is 2.09. The zero-order valence-electron chi connectivity index (χ0n) is 12.7. The van der Waals surface area contributed by atoms with Gasteiger partial charge in [-0.1, -0.05) is 18.2 Å². The molecule has 2 rings (SSSR count). The fourth-order valence-electron chi connectivity index (χ4n) is 2.01. The van der Waals surface area contributed by atoms with Crippen molar-refractivity contribution in [1.29, 1.82) is 0 Å². The van der Waals surface area contributed by atoms with Crippen molar-refractivity contribution in [2.45, 2.75) is 0 Å². The van der Waals surface area contributed by atoms with Gasteiger partial charge in [0.2, 0.25) is 5.75 Å². The zero-order chi connectivity index (χ0) is 16.1. The van der Waals surface area contributed by atoms with Gasteiger partial charge in [-0.25, -0.2) is 0 Å². The lowest BCUT2D eigenvalue weighted by Gasteiger charge is -2.09. The van der Waals surface area contributed by atoms with Crippen LogP contribution in [0, 0.1) is 0 Å². The van der Waals surface area contributed by atoms with E-state index in [1.54, 1.807) is 24.3 Å². The third-order valence-corrected chi connectivity index (χ3v) is 3.17. The van der Waals surface area contributed by atoms with E-state index in [0.29, 0.717) is 17.2 Å². The van der Waals surface area contributed by atoms with Gasteiger partial charge >= 0.3 is 0 Å². The molecule has 5 heteroatoms. The van der Waals surface area contributed by atoms with Crippen LogP contribution >= 0.6 is 0 Å². The van der Waals surface area contributed by atoms with E-state index in [9.17, 15) is 10.2 Å². The lowest BCUT2D eigenvalue weighted by molar-refractivity contribution is 0.340. The number of aromatic hydroxyl groups is 2. The molecule has 5 nitrogen and oxygen atoms in total. The Morgan fingerprint density at radius 1 is 0.727 bits per heavy atom. The molecular formula is C17H18O5. The molecule has 0 bridgehead atoms. The van der Waals surface area contributed by atoms with Gasteiger partial charge < -0.3 is 24.4 Å². The van der Waals surface area contributed by atoms with E-state index < -0.39 is 0 Å². The number of benzene rings is 2. The third-order valence-electron chi connectivity index (χ3n) is 3.17. The Hall–Kier alpha value is -2.82. The quantitative estimate of drug-likeness (QED) is 0.829. The molecule has 0 aliphatic carbocycles. The van der Waals surface area contributed by atoms with Gasteiger partial charge in [0.25, 0.3) is 0 Å². The van der Waals surface area contributed by atoms with Crippen LogP contribution in [-0.4, -0.2) is 31.5 Å². The Morgan fingerprint density at radius 3 is 1.77 bits per heavy atom. The largest absolute Gasteiger partial charge is 0.504 e. The minimum absolute atomic E-state index is 0.0377. The van der Waals surface area contributed by atoms with Gasteiger partial charge in [-0.15, -0.1) is 0 Å². The van der Waals surface area contributed by atoms with Crippen molar-refractivity contribution in [2.24, 2.45) is 0 Å². The molecule has 2 aromatic rings. The fourth-order valence-corrected chi connectivity index (χ4v) is 2.01. The summed E-state index contributed by atoms with van der Waals surface area (Å²) in [5.41, 5.74) is 1.60. The molecule has 116 valence electrons. The zero-order valence-corrected chi connectivity index (χ0v) is 12.7. The molecule has 22 heavy (non-hydrogen) atoms. The molecule has 0 unspecified atom stereocenters. The van der Waals surface area contributed by atoms with Gasteiger partial charge in [0, 0.05) is 0 Å². The minimum Gasteiger partial charge on any atom is -0.504 e. The maximum atomic E-state index is 9.87. The van der Waals surface area contributed by atoms with Crippen LogP contribution < -0.4 is 14.2 Å². The number of hydrogen-bond donors (Lipinski definition) is 2. The lowest BCUT2D eigenvalue weighted by atomic mass is 10.1. The molecule has 0 aliphatic heterocycles. The summed E-state index contributed by atoms with van der Waals surface area (Å²) in [6.45, 7) is 0. The van der Waals surface area contributed by atoms with Crippen LogP contribution in [0.1, 0.15) is 11.1 Å². The highest BCUT2D eigenvalue weighted by Crippen LogP contribution is 2.37. The summed E-state index contributed by atoms with van der Waals surface area (Å²) in [6, 6.07) is 8.50. The van der Waals surface area contributed by atoms with Crippen molar-refractivity contribution in [3.05, 3.63) is 41.5 Å². The second kappa shape index (κ2) is 6.76. The standard InChI is InChI=1S/C17H18O5/c1-20-14-7-6-11(8-13(14)18)4-5-12-9-15(21-2)17(19)16(10-12)22-3/h4-10,18-19H,1-3H3/b5-4-. The molecular weight excluding hydrogens is 284 g/mol. The van der Waals surface area contributed by atoms with Crippen LogP contribution in [0.2, 0.25) is 0 Å². The summed E-state index contributed by atoms with van der Waals surface area (Å²) in [6.07, 6.45) is 3.65. The van der Waals surface area contributed by atoms with E-state index >= 15 is 0 Å². The molecule has 0 radical (unpaired) electrons. The van der Waals surface area contributed by atoms with Crippen LogP contribution in [0.5, 0.6) is 28.7 Å². The van der Waals surface area contributed by atoms with E-state index in [1.165, 1.54) is 21.3 Å². The smallest absolute Gasteiger partial charge is 0.200 e. The second-order valence-corrected chi connectivity index (χ2v) is 4.54. The van der Waals surface area contributed by atoms with Gasteiger partial charge in [0.1, 0.15) is 0 Å². The Kier molecular flexibility index (Phi) is 4.78. The number of hydrogen-bond acceptors (Lipinski definition) is 5. The average molecular weight is 302 g/mol. The predicted molar refractivity (Wildman–Crippen MR) is 84.8 cm³/mol. The van der Waals surface area contributed by atoms with Gasteiger partial charge in [-0.2, -0.15) is 0 Å². The first-order chi connectivity index (χ1) is 10.6. The van der Waals surface area contributed by atoms with E-state index in [0.717, 1.165) is 11.1 Å².